The molecule has 0 nitrogen and oxygen atoms in total. The summed E-state index contributed by atoms with van der Waals surface area (Å²) < 4.78 is 0. The molecule has 0 N–H and O–H groups in total. The molecule has 0 amide bonds. The fraction of sp³-hybridized carbons (Fsp3) is 0.200. The predicted molar refractivity (Wildman–Crippen MR) is 68.6 cm³/mol. The molecule has 88 valence electrons. The van der Waals surface area contributed by atoms with E-state index in [9.17, 15) is 0 Å². The molecule has 0 aliphatic heterocycles. The van der Waals surface area contributed by atoms with Crippen molar-refractivity contribution in [1.29, 1.82) is 0 Å². The van der Waals surface area contributed by atoms with Gasteiger partial charge in [-0.05, 0) is 0 Å². The van der Waals surface area contributed by atoms with Crippen LogP contribution in [0.2, 0.25) is 0 Å². The second-order valence-electron chi connectivity index (χ2n) is 4.09. The van der Waals surface area contributed by atoms with Crippen LogP contribution < -0.4 is 0 Å². The molecule has 2 rings (SSSR count). The molecule has 0 spiro atoms. The van der Waals surface area contributed by atoms with Gasteiger partial charge in [0.2, 0.25) is 0 Å². The molecule has 0 bridgehead atoms. The van der Waals surface area contributed by atoms with E-state index >= 15 is 0 Å². The molecule has 0 aliphatic carbocycles. The Morgan fingerprint density at radius 1 is 0.750 bits per heavy atom. The van der Waals surface area contributed by atoms with E-state index in [0.29, 0.717) is 0 Å². The van der Waals surface area contributed by atoms with Crippen LogP contribution in [0.25, 0.3) is 0 Å². The van der Waals surface area contributed by atoms with Gasteiger partial charge in [0.15, 0.2) is 0 Å². The van der Waals surface area contributed by atoms with Gasteiger partial charge in [-0.25, -0.2) is 24.3 Å². The minimum absolute atomic E-state index is 0. The molecule has 0 heterocycles. The zero-order valence-electron chi connectivity index (χ0n) is 10.2. The fourth-order valence-corrected chi connectivity index (χ4v) is 0.642. The fourth-order valence-electron chi connectivity index (χ4n) is 0.642. The third kappa shape index (κ3) is 23.3. The Hall–Kier alpha value is -0.586. The van der Waals surface area contributed by atoms with E-state index in [1.807, 2.05) is 74.5 Å². The minimum atomic E-state index is 0. The standard InChI is InChI=1S/2C5H5.C5H10.Ti/c2*1-2-4-5-3-1;1-5(2,3)4;/h2*1-5H;1-2H2,3-4H3;/q2*-1;-2;. The first-order valence-corrected chi connectivity index (χ1v) is 5.04. The summed E-state index contributed by atoms with van der Waals surface area (Å²) in [7, 11) is 0. The van der Waals surface area contributed by atoms with Crippen molar-refractivity contribution in [3.8, 4) is 0 Å². The molecular formula is C15H20Ti-4. The second-order valence-corrected chi connectivity index (χ2v) is 4.09. The molecule has 0 fully saturated rings. The Bertz CT molecular complexity index is 205. The van der Waals surface area contributed by atoms with E-state index in [-0.39, 0.29) is 27.1 Å². The van der Waals surface area contributed by atoms with Crippen molar-refractivity contribution in [2.75, 3.05) is 0 Å². The van der Waals surface area contributed by atoms with Gasteiger partial charge in [0.05, 0.1) is 0 Å². The molecule has 0 radical (unpaired) electrons. The minimum Gasteiger partial charge on any atom is -0.367 e. The monoisotopic (exact) mass is 248 g/mol. The van der Waals surface area contributed by atoms with Gasteiger partial charge >= 0.3 is 0 Å². The van der Waals surface area contributed by atoms with Crippen LogP contribution in [0.5, 0.6) is 0 Å². The zero-order chi connectivity index (χ0) is 11.6. The van der Waals surface area contributed by atoms with Crippen molar-refractivity contribution in [3.63, 3.8) is 0 Å². The van der Waals surface area contributed by atoms with Gasteiger partial charge in [0.25, 0.3) is 0 Å². The SMILES string of the molecule is [CH2-]C([CH2-])(C)C.[Ti].c1cc[cH-]c1.c1cc[cH-]c1. The molecule has 0 aromatic heterocycles. The maximum Gasteiger partial charge on any atom is 0 e. The Morgan fingerprint density at radius 2 is 0.938 bits per heavy atom. The Morgan fingerprint density at radius 3 is 1.00 bits per heavy atom. The summed E-state index contributed by atoms with van der Waals surface area (Å²) >= 11 is 0. The van der Waals surface area contributed by atoms with E-state index in [1.54, 1.807) is 0 Å². The Labute approximate surface area is 115 Å². The first-order valence-electron chi connectivity index (χ1n) is 5.04. The molecule has 0 atom stereocenters. The van der Waals surface area contributed by atoms with E-state index in [4.69, 9.17) is 0 Å². The van der Waals surface area contributed by atoms with Gasteiger partial charge in [0.1, 0.15) is 0 Å². The molecule has 2 aromatic carbocycles. The normalized spacial score (nSPS) is 8.75. The van der Waals surface area contributed by atoms with E-state index in [2.05, 4.69) is 13.8 Å². The van der Waals surface area contributed by atoms with Crippen molar-refractivity contribution < 1.29 is 21.7 Å². The largest absolute Gasteiger partial charge is 0.367 e. The van der Waals surface area contributed by atoms with Crippen molar-refractivity contribution in [1.82, 2.24) is 0 Å². The molecule has 2 aromatic rings. The van der Waals surface area contributed by atoms with Gasteiger partial charge in [-0.1, -0.05) is 0 Å². The van der Waals surface area contributed by atoms with E-state index in [1.165, 1.54) is 0 Å². The molecule has 1 heteroatoms. The smallest absolute Gasteiger partial charge is 0 e. The van der Waals surface area contributed by atoms with Crippen LogP contribution in [-0.2, 0) is 21.7 Å². The first kappa shape index (κ1) is 17.8. The maximum absolute atomic E-state index is 3.66. The van der Waals surface area contributed by atoms with Crippen molar-refractivity contribution in [3.05, 3.63) is 74.5 Å². The number of hydrogen-bond acceptors (Lipinski definition) is 0. The van der Waals surface area contributed by atoms with Gasteiger partial charge in [-0.3, -0.25) is 5.41 Å². The molecule has 0 unspecified atom stereocenters. The number of hydrogen-bond donors (Lipinski definition) is 0. The van der Waals surface area contributed by atoms with Crippen LogP contribution in [0.15, 0.2) is 60.7 Å². The topological polar surface area (TPSA) is 0 Å². The number of rotatable bonds is 0. The Balaban J connectivity index is 0. The van der Waals surface area contributed by atoms with Crippen LogP contribution >= 0.6 is 0 Å². The predicted octanol–water partition coefficient (Wildman–Crippen LogP) is 4.49. The van der Waals surface area contributed by atoms with Crippen LogP contribution in [0, 0.1) is 19.3 Å². The summed E-state index contributed by atoms with van der Waals surface area (Å²) in [6.07, 6.45) is 0. The summed E-state index contributed by atoms with van der Waals surface area (Å²) in [6, 6.07) is 20.0. The van der Waals surface area contributed by atoms with E-state index in [0.717, 1.165) is 0 Å². The molecule has 0 saturated heterocycles. The molecule has 0 saturated carbocycles. The molecule has 16 heavy (non-hydrogen) atoms. The third-order valence-electron chi connectivity index (χ3n) is 1.11. The van der Waals surface area contributed by atoms with Crippen LogP contribution in [0.3, 0.4) is 0 Å². The summed E-state index contributed by atoms with van der Waals surface area (Å²) in [6.45, 7) is 11.2. The zero-order valence-corrected chi connectivity index (χ0v) is 11.7. The first-order chi connectivity index (χ1) is 7.00. The van der Waals surface area contributed by atoms with Crippen LogP contribution in [-0.4, -0.2) is 0 Å². The second kappa shape index (κ2) is 10.9. The quantitative estimate of drug-likeness (QED) is 0.476. The van der Waals surface area contributed by atoms with Crippen LogP contribution in [0.4, 0.5) is 0 Å². The summed E-state index contributed by atoms with van der Waals surface area (Å²) in [5.41, 5.74) is 0. The summed E-state index contributed by atoms with van der Waals surface area (Å²) in [4.78, 5) is 0. The average molecular weight is 248 g/mol. The van der Waals surface area contributed by atoms with Crippen molar-refractivity contribution in [2.45, 2.75) is 13.8 Å². The maximum atomic E-state index is 3.66. The molecular weight excluding hydrogens is 228 g/mol. The van der Waals surface area contributed by atoms with Crippen LogP contribution in [0.1, 0.15) is 13.8 Å². The summed E-state index contributed by atoms with van der Waals surface area (Å²) in [5.74, 6) is 0. The molecule has 0 aliphatic rings. The Kier molecular flexibility index (Phi) is 12.1. The van der Waals surface area contributed by atoms with Gasteiger partial charge in [-0.2, -0.15) is 36.4 Å². The summed E-state index contributed by atoms with van der Waals surface area (Å²) in [5, 5.41) is 0. The average Bonchev–Trinajstić information content (AvgIpc) is 2.81. The van der Waals surface area contributed by atoms with Gasteiger partial charge in [0, 0.05) is 21.7 Å². The van der Waals surface area contributed by atoms with Gasteiger partial charge in [-0.15, -0.1) is 13.8 Å². The van der Waals surface area contributed by atoms with Crippen molar-refractivity contribution >= 4 is 0 Å². The van der Waals surface area contributed by atoms with Crippen molar-refractivity contribution in [2.24, 2.45) is 5.41 Å². The van der Waals surface area contributed by atoms with Gasteiger partial charge < -0.3 is 13.8 Å². The van der Waals surface area contributed by atoms with E-state index < -0.39 is 0 Å². The third-order valence-corrected chi connectivity index (χ3v) is 1.11.